The molecule has 1 aliphatic rings. The first-order valence-electron chi connectivity index (χ1n) is 9.33. The summed E-state index contributed by atoms with van der Waals surface area (Å²) in [6.07, 6.45) is 0.989. The van der Waals surface area contributed by atoms with Crippen LogP contribution >= 0.6 is 0 Å². The average molecular weight is 392 g/mol. The molecule has 0 aromatic heterocycles. The Kier molecular flexibility index (Phi) is 7.53. The summed E-state index contributed by atoms with van der Waals surface area (Å²) < 4.78 is 10.7. The van der Waals surface area contributed by atoms with E-state index in [4.69, 9.17) is 20.3 Å². The van der Waals surface area contributed by atoms with Crippen LogP contribution in [0.5, 0.6) is 0 Å². The van der Waals surface area contributed by atoms with Gasteiger partial charge in [0.05, 0.1) is 13.0 Å². The topological polar surface area (TPSA) is 119 Å². The van der Waals surface area contributed by atoms with E-state index in [-0.39, 0.29) is 13.0 Å². The lowest BCUT2D eigenvalue weighted by Gasteiger charge is -2.30. The number of likely N-dealkylation sites (tertiary alicyclic amines) is 1. The lowest BCUT2D eigenvalue weighted by Crippen LogP contribution is -2.51. The number of aliphatic hydroxyl groups excluding tert-OH is 1. The smallest absolute Gasteiger partial charge is 0.329 e. The third-order valence-corrected chi connectivity index (χ3v) is 4.51. The summed E-state index contributed by atoms with van der Waals surface area (Å²) in [7, 11) is 0. The highest BCUT2D eigenvalue weighted by Gasteiger charge is 2.39. The minimum Gasteiger partial charge on any atom is -0.461 e. The van der Waals surface area contributed by atoms with Crippen molar-refractivity contribution >= 4 is 17.8 Å². The molecule has 2 rings (SSSR count). The van der Waals surface area contributed by atoms with Gasteiger partial charge in [0, 0.05) is 6.54 Å². The van der Waals surface area contributed by atoms with Crippen molar-refractivity contribution < 1.29 is 29.0 Å². The molecule has 0 spiro atoms. The van der Waals surface area contributed by atoms with Crippen LogP contribution in [0.1, 0.15) is 38.7 Å². The predicted octanol–water partition coefficient (Wildman–Crippen LogP) is 0.752. The summed E-state index contributed by atoms with van der Waals surface area (Å²) in [4.78, 5) is 38.2. The van der Waals surface area contributed by atoms with E-state index in [1.165, 1.54) is 4.90 Å². The summed E-state index contributed by atoms with van der Waals surface area (Å²) in [6, 6.07) is 7.46. The molecule has 1 saturated heterocycles. The van der Waals surface area contributed by atoms with E-state index in [0.29, 0.717) is 19.4 Å². The van der Waals surface area contributed by atoms with Crippen molar-refractivity contribution in [3.05, 3.63) is 35.9 Å². The molecule has 0 unspecified atom stereocenters. The number of amides is 1. The summed E-state index contributed by atoms with van der Waals surface area (Å²) in [5.41, 5.74) is 5.36. The number of esters is 2. The van der Waals surface area contributed by atoms with E-state index in [9.17, 15) is 14.4 Å². The minimum absolute atomic E-state index is 0.109. The van der Waals surface area contributed by atoms with Crippen LogP contribution in [0.15, 0.2) is 30.3 Å². The molecular weight excluding hydrogens is 364 g/mol. The number of benzene rings is 1. The molecule has 1 fully saturated rings. The lowest BCUT2D eigenvalue weighted by atomic mass is 10.0. The number of ether oxygens (including phenoxy) is 2. The number of aliphatic hydroxyl groups is 1. The van der Waals surface area contributed by atoms with Crippen molar-refractivity contribution in [2.75, 3.05) is 13.2 Å². The molecule has 0 saturated carbocycles. The Morgan fingerprint density at radius 1 is 1.29 bits per heavy atom. The van der Waals surface area contributed by atoms with E-state index < -0.39 is 42.1 Å². The van der Waals surface area contributed by atoms with Crippen molar-refractivity contribution in [2.45, 2.75) is 57.4 Å². The molecule has 1 aromatic rings. The van der Waals surface area contributed by atoms with E-state index in [1.807, 2.05) is 30.3 Å². The number of carbonyl (C=O) groups excluding carboxylic acids is 3. The molecule has 0 bridgehead atoms. The molecular formula is C20H28N2O6. The first-order valence-corrected chi connectivity index (χ1v) is 9.33. The zero-order chi connectivity index (χ0) is 20.7. The molecule has 1 aromatic carbocycles. The van der Waals surface area contributed by atoms with Gasteiger partial charge in [-0.2, -0.15) is 0 Å². The number of hydrogen-bond acceptors (Lipinski definition) is 7. The van der Waals surface area contributed by atoms with Crippen molar-refractivity contribution in [1.29, 1.82) is 0 Å². The fraction of sp³-hybridized carbons (Fsp3) is 0.550. The maximum absolute atomic E-state index is 12.6. The average Bonchev–Trinajstić information content (AvgIpc) is 3.15. The number of hydrogen-bond donors (Lipinski definition) is 2. The minimum atomic E-state index is -1.08. The van der Waals surface area contributed by atoms with Gasteiger partial charge < -0.3 is 25.2 Å². The number of nitrogens with zero attached hydrogens (tertiary/aromatic N) is 1. The molecule has 0 radical (unpaired) electrons. The van der Waals surface area contributed by atoms with Crippen molar-refractivity contribution in [3.8, 4) is 0 Å². The molecule has 1 amide bonds. The molecule has 3 N–H and O–H groups in total. The number of nitrogens with two attached hydrogens (primary N) is 1. The lowest BCUT2D eigenvalue weighted by molar-refractivity contribution is -0.169. The second-order valence-corrected chi connectivity index (χ2v) is 7.48. The highest BCUT2D eigenvalue weighted by atomic mass is 16.6. The highest BCUT2D eigenvalue weighted by molar-refractivity contribution is 5.88. The Morgan fingerprint density at radius 2 is 1.96 bits per heavy atom. The molecule has 1 heterocycles. The first-order chi connectivity index (χ1) is 13.2. The third-order valence-electron chi connectivity index (χ3n) is 4.51. The molecule has 28 heavy (non-hydrogen) atoms. The molecule has 8 heteroatoms. The Morgan fingerprint density at radius 3 is 2.61 bits per heavy atom. The van der Waals surface area contributed by atoms with Gasteiger partial charge in [-0.3, -0.25) is 9.59 Å². The van der Waals surface area contributed by atoms with E-state index >= 15 is 0 Å². The molecule has 0 aliphatic carbocycles. The van der Waals surface area contributed by atoms with Gasteiger partial charge >= 0.3 is 11.9 Å². The van der Waals surface area contributed by atoms with Crippen LogP contribution in [0, 0.1) is 0 Å². The Labute approximate surface area is 164 Å². The van der Waals surface area contributed by atoms with Gasteiger partial charge in [-0.15, -0.1) is 0 Å². The fourth-order valence-corrected chi connectivity index (χ4v) is 3.08. The van der Waals surface area contributed by atoms with Crippen molar-refractivity contribution in [2.24, 2.45) is 5.73 Å². The van der Waals surface area contributed by atoms with Crippen LogP contribution in [0.2, 0.25) is 0 Å². The summed E-state index contributed by atoms with van der Waals surface area (Å²) in [5, 5.41) is 9.07. The fourth-order valence-electron chi connectivity index (χ4n) is 3.08. The Hall–Kier alpha value is -2.45. The zero-order valence-electron chi connectivity index (χ0n) is 16.3. The van der Waals surface area contributed by atoms with Crippen molar-refractivity contribution in [3.63, 3.8) is 0 Å². The normalized spacial score (nSPS) is 17.9. The molecule has 154 valence electrons. The van der Waals surface area contributed by atoms with Crippen LogP contribution < -0.4 is 5.73 Å². The monoisotopic (exact) mass is 392 g/mol. The number of rotatable bonds is 8. The largest absolute Gasteiger partial charge is 0.461 e. The van der Waals surface area contributed by atoms with Crippen LogP contribution in [0.3, 0.4) is 0 Å². The predicted molar refractivity (Wildman–Crippen MR) is 101 cm³/mol. The van der Waals surface area contributed by atoms with E-state index in [0.717, 1.165) is 5.56 Å². The second-order valence-electron chi connectivity index (χ2n) is 7.48. The van der Waals surface area contributed by atoms with Gasteiger partial charge in [0.2, 0.25) is 5.91 Å². The van der Waals surface area contributed by atoms with E-state index in [2.05, 4.69) is 0 Å². The van der Waals surface area contributed by atoms with Gasteiger partial charge in [0.25, 0.3) is 0 Å². The quantitative estimate of drug-likeness (QED) is 0.627. The maximum Gasteiger partial charge on any atom is 0.329 e. The van der Waals surface area contributed by atoms with Gasteiger partial charge in [-0.05, 0) is 32.3 Å². The third kappa shape index (κ3) is 6.03. The second kappa shape index (κ2) is 9.66. The van der Waals surface area contributed by atoms with Gasteiger partial charge in [-0.25, -0.2) is 4.79 Å². The van der Waals surface area contributed by atoms with Crippen LogP contribution in [-0.2, 0) is 30.5 Å². The number of carbonyl (C=O) groups is 3. The van der Waals surface area contributed by atoms with Gasteiger partial charge in [0.15, 0.2) is 0 Å². The Balaban J connectivity index is 1.88. The summed E-state index contributed by atoms with van der Waals surface area (Å²) >= 11 is 0. The highest BCUT2D eigenvalue weighted by Crippen LogP contribution is 2.24. The summed E-state index contributed by atoms with van der Waals surface area (Å²) in [6.45, 7) is 3.28. The SMILES string of the molecule is CC(C)(CC(=O)OCc1ccccc1)OC(=O)[C@@H]1CCCN1C(=O)[C@@H](N)CO. The molecule has 8 nitrogen and oxygen atoms in total. The van der Waals surface area contributed by atoms with Gasteiger partial charge in [0.1, 0.15) is 24.3 Å². The zero-order valence-corrected chi connectivity index (χ0v) is 16.3. The van der Waals surface area contributed by atoms with Crippen LogP contribution in [0.25, 0.3) is 0 Å². The molecule has 1 aliphatic heterocycles. The van der Waals surface area contributed by atoms with Gasteiger partial charge in [-0.1, -0.05) is 30.3 Å². The Bertz CT molecular complexity index is 691. The summed E-state index contributed by atoms with van der Waals surface area (Å²) in [5.74, 6) is -1.55. The maximum atomic E-state index is 12.6. The van der Waals surface area contributed by atoms with E-state index in [1.54, 1.807) is 13.8 Å². The van der Waals surface area contributed by atoms with Crippen LogP contribution in [-0.4, -0.2) is 58.7 Å². The first kappa shape index (κ1) is 21.8. The van der Waals surface area contributed by atoms with Crippen molar-refractivity contribution in [1.82, 2.24) is 4.90 Å². The standard InChI is InChI=1S/C20H28N2O6/c1-20(2,11-17(24)27-13-14-7-4-3-5-8-14)28-19(26)16-9-6-10-22(16)18(25)15(21)12-23/h3-5,7-8,15-16,23H,6,9-13,21H2,1-2H3/t15-,16-/m0/s1. The molecule has 2 atom stereocenters. The van der Waals surface area contributed by atoms with Crippen LogP contribution in [0.4, 0.5) is 0 Å².